The van der Waals surface area contributed by atoms with E-state index >= 15 is 0 Å². The maximum absolute atomic E-state index is 12.9. The predicted octanol–water partition coefficient (Wildman–Crippen LogP) is 5.10. The molecule has 172 valence electrons. The van der Waals surface area contributed by atoms with E-state index in [1.807, 2.05) is 18.2 Å². The maximum atomic E-state index is 12.9. The maximum Gasteiger partial charge on any atom is 0.224 e. The van der Waals surface area contributed by atoms with E-state index in [1.54, 1.807) is 0 Å². The number of hydrogen-bond acceptors (Lipinski definition) is 3. The number of hydrogen-bond donors (Lipinski definition) is 1. The smallest absolute Gasteiger partial charge is 0.224 e. The van der Waals surface area contributed by atoms with E-state index in [4.69, 9.17) is 11.6 Å². The van der Waals surface area contributed by atoms with Gasteiger partial charge in [-0.15, -0.1) is 0 Å². The van der Waals surface area contributed by atoms with Crippen molar-refractivity contribution in [2.45, 2.75) is 52.2 Å². The highest BCUT2D eigenvalue weighted by Crippen LogP contribution is 2.21. The van der Waals surface area contributed by atoms with E-state index in [-0.39, 0.29) is 11.8 Å². The van der Waals surface area contributed by atoms with Gasteiger partial charge in [-0.25, -0.2) is 0 Å². The van der Waals surface area contributed by atoms with Crippen molar-refractivity contribution in [2.24, 2.45) is 11.8 Å². The Labute approximate surface area is 197 Å². The Morgan fingerprint density at radius 2 is 1.59 bits per heavy atom. The number of carbonyl (C=O) groups is 1. The van der Waals surface area contributed by atoms with Crippen molar-refractivity contribution in [3.63, 3.8) is 0 Å². The SMILES string of the molecule is CC1CCCN(Cc2cccc(CNC(=O)C3CCCN(Cc4cccc(Cl)c4)C3)c2)C1. The molecular formula is C27H36ClN3O. The van der Waals surface area contributed by atoms with Crippen LogP contribution < -0.4 is 5.32 Å². The number of amides is 1. The monoisotopic (exact) mass is 453 g/mol. The Morgan fingerprint density at radius 3 is 2.34 bits per heavy atom. The molecule has 2 aliphatic heterocycles. The molecule has 2 atom stereocenters. The largest absolute Gasteiger partial charge is 0.352 e. The number of carbonyl (C=O) groups excluding carboxylic acids is 1. The lowest BCUT2D eigenvalue weighted by molar-refractivity contribution is -0.126. The van der Waals surface area contributed by atoms with E-state index in [0.717, 1.165) is 50.0 Å². The molecule has 0 spiro atoms. The van der Waals surface area contributed by atoms with Crippen LogP contribution in [-0.2, 0) is 24.4 Å². The number of nitrogens with one attached hydrogen (secondary N) is 1. The second kappa shape index (κ2) is 11.3. The van der Waals surface area contributed by atoms with Crippen LogP contribution in [-0.4, -0.2) is 41.9 Å². The quantitative estimate of drug-likeness (QED) is 0.633. The average molecular weight is 454 g/mol. The van der Waals surface area contributed by atoms with Gasteiger partial charge in [-0.05, 0) is 73.5 Å². The molecule has 0 bridgehead atoms. The Morgan fingerprint density at radius 1 is 0.938 bits per heavy atom. The minimum atomic E-state index is 0.0564. The molecule has 2 aromatic carbocycles. The third-order valence-corrected chi connectivity index (χ3v) is 7.01. The molecule has 0 radical (unpaired) electrons. The van der Waals surface area contributed by atoms with Crippen molar-refractivity contribution in [1.82, 2.24) is 15.1 Å². The molecule has 1 amide bonds. The van der Waals surface area contributed by atoms with Crippen LogP contribution in [0.1, 0.15) is 49.3 Å². The highest BCUT2D eigenvalue weighted by atomic mass is 35.5. The van der Waals surface area contributed by atoms with Gasteiger partial charge in [0, 0.05) is 37.7 Å². The zero-order valence-corrected chi connectivity index (χ0v) is 20.0. The van der Waals surface area contributed by atoms with E-state index in [1.165, 1.54) is 42.6 Å². The summed E-state index contributed by atoms with van der Waals surface area (Å²) in [5.74, 6) is 1.03. The molecule has 5 heteroatoms. The van der Waals surface area contributed by atoms with Crippen LogP contribution in [0.4, 0.5) is 0 Å². The lowest BCUT2D eigenvalue weighted by atomic mass is 9.96. The van der Waals surface area contributed by atoms with Crippen molar-refractivity contribution >= 4 is 17.5 Å². The van der Waals surface area contributed by atoms with Gasteiger partial charge in [0.05, 0.1) is 5.92 Å². The minimum Gasteiger partial charge on any atom is -0.352 e. The number of piperidine rings is 2. The Kier molecular flexibility index (Phi) is 8.23. The molecule has 2 fully saturated rings. The van der Waals surface area contributed by atoms with Gasteiger partial charge in [-0.2, -0.15) is 0 Å². The molecule has 4 rings (SSSR count). The van der Waals surface area contributed by atoms with Crippen molar-refractivity contribution < 1.29 is 4.79 Å². The Hall–Kier alpha value is -1.88. The van der Waals surface area contributed by atoms with Crippen LogP contribution in [0.5, 0.6) is 0 Å². The summed E-state index contributed by atoms with van der Waals surface area (Å²) in [4.78, 5) is 17.8. The summed E-state index contributed by atoms with van der Waals surface area (Å²) >= 11 is 6.13. The van der Waals surface area contributed by atoms with E-state index < -0.39 is 0 Å². The summed E-state index contributed by atoms with van der Waals surface area (Å²) in [7, 11) is 0. The van der Waals surface area contributed by atoms with Gasteiger partial charge in [0.1, 0.15) is 0 Å². The van der Waals surface area contributed by atoms with Crippen molar-refractivity contribution in [3.05, 3.63) is 70.2 Å². The summed E-state index contributed by atoms with van der Waals surface area (Å²) in [6.07, 6.45) is 4.67. The molecule has 2 aromatic rings. The summed E-state index contributed by atoms with van der Waals surface area (Å²) in [5, 5.41) is 3.97. The fraction of sp³-hybridized carbons (Fsp3) is 0.519. The van der Waals surface area contributed by atoms with Crippen LogP contribution in [0, 0.1) is 11.8 Å². The van der Waals surface area contributed by atoms with Crippen molar-refractivity contribution in [2.75, 3.05) is 26.2 Å². The third kappa shape index (κ3) is 6.81. The molecule has 2 unspecified atom stereocenters. The van der Waals surface area contributed by atoms with E-state index in [0.29, 0.717) is 6.54 Å². The summed E-state index contributed by atoms with van der Waals surface area (Å²) < 4.78 is 0. The number of benzene rings is 2. The first-order chi connectivity index (χ1) is 15.5. The molecule has 2 aliphatic rings. The fourth-order valence-electron chi connectivity index (χ4n) is 5.17. The van der Waals surface area contributed by atoms with Gasteiger partial charge in [-0.1, -0.05) is 54.9 Å². The van der Waals surface area contributed by atoms with Crippen LogP contribution in [0.15, 0.2) is 48.5 Å². The number of likely N-dealkylation sites (tertiary alicyclic amines) is 2. The molecular weight excluding hydrogens is 418 g/mol. The molecule has 0 aliphatic carbocycles. The topological polar surface area (TPSA) is 35.6 Å². The van der Waals surface area contributed by atoms with Gasteiger partial charge < -0.3 is 5.32 Å². The number of halogens is 1. The zero-order valence-electron chi connectivity index (χ0n) is 19.2. The normalized spacial score (nSPS) is 22.6. The predicted molar refractivity (Wildman–Crippen MR) is 131 cm³/mol. The second-order valence-electron chi connectivity index (χ2n) is 9.72. The Bertz CT molecular complexity index is 902. The Balaban J connectivity index is 1.26. The van der Waals surface area contributed by atoms with Gasteiger partial charge >= 0.3 is 0 Å². The first kappa shape index (κ1) is 23.3. The standard InChI is InChI=1S/C27H36ClN3O/c1-21-6-4-12-30(17-21)18-23-8-2-7-22(14-23)16-29-27(32)25-10-5-13-31(20-25)19-24-9-3-11-26(28)15-24/h2-3,7-9,11,14-15,21,25H,4-6,10,12-13,16-20H2,1H3,(H,29,32). The van der Waals surface area contributed by atoms with Crippen LogP contribution >= 0.6 is 11.6 Å². The average Bonchev–Trinajstić information content (AvgIpc) is 2.78. The summed E-state index contributed by atoms with van der Waals surface area (Å²) in [5.41, 5.74) is 3.74. The number of rotatable bonds is 7. The lowest BCUT2D eigenvalue weighted by Gasteiger charge is -2.32. The molecule has 2 heterocycles. The first-order valence-electron chi connectivity index (χ1n) is 12.1. The fourth-order valence-corrected chi connectivity index (χ4v) is 5.38. The zero-order chi connectivity index (χ0) is 22.3. The third-order valence-electron chi connectivity index (χ3n) is 6.78. The molecule has 0 saturated carbocycles. The highest BCUT2D eigenvalue weighted by Gasteiger charge is 2.25. The van der Waals surface area contributed by atoms with Crippen LogP contribution in [0.3, 0.4) is 0 Å². The van der Waals surface area contributed by atoms with Gasteiger partial charge in [0.15, 0.2) is 0 Å². The minimum absolute atomic E-state index is 0.0564. The van der Waals surface area contributed by atoms with Gasteiger partial charge in [0.25, 0.3) is 0 Å². The van der Waals surface area contributed by atoms with Crippen LogP contribution in [0.2, 0.25) is 5.02 Å². The van der Waals surface area contributed by atoms with Gasteiger partial charge in [0.2, 0.25) is 5.91 Å². The van der Waals surface area contributed by atoms with E-state index in [2.05, 4.69) is 52.4 Å². The summed E-state index contributed by atoms with van der Waals surface area (Å²) in [6.45, 7) is 9.04. The summed E-state index contributed by atoms with van der Waals surface area (Å²) in [6, 6.07) is 16.7. The molecule has 32 heavy (non-hydrogen) atoms. The lowest BCUT2D eigenvalue weighted by Crippen LogP contribution is -2.42. The molecule has 4 nitrogen and oxygen atoms in total. The second-order valence-corrected chi connectivity index (χ2v) is 10.2. The first-order valence-corrected chi connectivity index (χ1v) is 12.5. The van der Waals surface area contributed by atoms with Gasteiger partial charge in [-0.3, -0.25) is 14.6 Å². The van der Waals surface area contributed by atoms with Crippen molar-refractivity contribution in [1.29, 1.82) is 0 Å². The highest BCUT2D eigenvalue weighted by molar-refractivity contribution is 6.30. The molecule has 1 N–H and O–H groups in total. The number of nitrogens with zero attached hydrogens (tertiary/aromatic N) is 2. The van der Waals surface area contributed by atoms with Crippen LogP contribution in [0.25, 0.3) is 0 Å². The van der Waals surface area contributed by atoms with Crippen molar-refractivity contribution in [3.8, 4) is 0 Å². The van der Waals surface area contributed by atoms with E-state index in [9.17, 15) is 4.79 Å². The molecule has 0 aromatic heterocycles. The molecule has 2 saturated heterocycles.